The second-order valence-electron chi connectivity index (χ2n) is 17.9. The molecule has 13 heteroatoms. The number of carbonyl (C=O) groups is 1. The number of hydrogen-bond acceptors (Lipinski definition) is 13. The number of aliphatic hydroxyl groups is 8. The second kappa shape index (κ2) is 15.8. The fourth-order valence-corrected chi connectivity index (χ4v) is 11.5. The minimum Gasteiger partial charge on any atom is -0.394 e. The molecule has 8 N–H and O–H groups in total. The molecule has 2 heterocycles. The molecule has 2 aliphatic heterocycles. The lowest BCUT2D eigenvalue weighted by molar-refractivity contribution is -0.365. The van der Waals surface area contributed by atoms with Crippen LogP contribution in [0.1, 0.15) is 92.4 Å². The van der Waals surface area contributed by atoms with Crippen molar-refractivity contribution in [2.24, 2.45) is 46.3 Å². The number of allylic oxidation sites excluding steroid dienone is 1. The number of carbonyl (C=O) groups excluding carboxylic acids is 1. The number of fused-ring (bicyclic) bond motifs is 5. The van der Waals surface area contributed by atoms with Crippen LogP contribution >= 0.6 is 0 Å². The summed E-state index contributed by atoms with van der Waals surface area (Å²) in [5, 5.41) is 85.6. The van der Waals surface area contributed by atoms with E-state index in [4.69, 9.17) is 18.9 Å². The SMILES string of the molecule is CC(C)CC[C@H](O)[C@@H](C)[C@H]1[C@@H](O[C@@H]2O[C@@H](CO)[C@H](O)[C@@H](O[C@@H]3O[C@@H](CO)[C@@H](O)[C@@H](O)[C@@H]3O)[C@H]2O)C[C@@H]2[C@@H]3CCC4=CC(=O)CC[C@]4(C)[C@@H]3CC[C@]12C. The van der Waals surface area contributed by atoms with Crippen molar-refractivity contribution in [1.29, 1.82) is 0 Å². The van der Waals surface area contributed by atoms with Crippen LogP contribution < -0.4 is 0 Å². The number of aliphatic hydroxyl groups excluding tert-OH is 8. The van der Waals surface area contributed by atoms with Gasteiger partial charge in [-0.05, 0) is 104 Å². The van der Waals surface area contributed by atoms with E-state index in [2.05, 4.69) is 34.6 Å². The third-order valence-corrected chi connectivity index (χ3v) is 14.5. The van der Waals surface area contributed by atoms with Gasteiger partial charge in [-0.2, -0.15) is 0 Å². The van der Waals surface area contributed by atoms with E-state index in [0.29, 0.717) is 37.0 Å². The van der Waals surface area contributed by atoms with Crippen LogP contribution in [0.15, 0.2) is 11.6 Å². The molecule has 0 aromatic carbocycles. The zero-order valence-electron chi connectivity index (χ0n) is 31.4. The van der Waals surface area contributed by atoms with E-state index in [-0.39, 0.29) is 34.4 Å². The van der Waals surface area contributed by atoms with Gasteiger partial charge in [0.2, 0.25) is 0 Å². The van der Waals surface area contributed by atoms with Crippen molar-refractivity contribution >= 4 is 5.78 Å². The molecule has 5 fully saturated rings. The molecule has 298 valence electrons. The Morgan fingerprint density at radius 1 is 0.808 bits per heavy atom. The fourth-order valence-electron chi connectivity index (χ4n) is 11.5. The number of ketones is 1. The minimum atomic E-state index is -1.77. The molecule has 0 amide bonds. The van der Waals surface area contributed by atoms with Gasteiger partial charge in [0, 0.05) is 6.42 Å². The molecule has 4 aliphatic carbocycles. The highest BCUT2D eigenvalue weighted by Crippen LogP contribution is 2.68. The van der Waals surface area contributed by atoms with E-state index in [9.17, 15) is 45.6 Å². The summed E-state index contributed by atoms with van der Waals surface area (Å²) >= 11 is 0. The van der Waals surface area contributed by atoms with Crippen LogP contribution in [-0.4, -0.2) is 133 Å². The van der Waals surface area contributed by atoms with Gasteiger partial charge in [-0.25, -0.2) is 0 Å². The molecule has 0 bridgehead atoms. The van der Waals surface area contributed by atoms with Crippen molar-refractivity contribution in [1.82, 2.24) is 0 Å². The van der Waals surface area contributed by atoms with Gasteiger partial charge in [0.15, 0.2) is 18.4 Å². The summed E-state index contributed by atoms with van der Waals surface area (Å²) in [7, 11) is 0. The van der Waals surface area contributed by atoms with Crippen LogP contribution in [0.5, 0.6) is 0 Å². The molecule has 0 aromatic heterocycles. The first-order valence-corrected chi connectivity index (χ1v) is 19.7. The first-order chi connectivity index (χ1) is 24.5. The Kier molecular flexibility index (Phi) is 12.3. The van der Waals surface area contributed by atoms with E-state index in [1.54, 1.807) is 0 Å². The van der Waals surface area contributed by atoms with E-state index in [1.165, 1.54) is 5.57 Å². The smallest absolute Gasteiger partial charge is 0.187 e. The third kappa shape index (κ3) is 7.20. The second-order valence-corrected chi connectivity index (χ2v) is 17.9. The summed E-state index contributed by atoms with van der Waals surface area (Å²) in [6.45, 7) is 9.71. The lowest BCUT2D eigenvalue weighted by Crippen LogP contribution is -2.65. The van der Waals surface area contributed by atoms with Crippen LogP contribution in [0.25, 0.3) is 0 Å². The van der Waals surface area contributed by atoms with Crippen LogP contribution in [0.4, 0.5) is 0 Å². The van der Waals surface area contributed by atoms with Gasteiger partial charge < -0.3 is 59.8 Å². The summed E-state index contributed by atoms with van der Waals surface area (Å²) in [6, 6.07) is 0. The van der Waals surface area contributed by atoms with Gasteiger partial charge >= 0.3 is 0 Å². The Hall–Kier alpha value is -1.07. The van der Waals surface area contributed by atoms with Crippen molar-refractivity contribution in [3.63, 3.8) is 0 Å². The monoisotopic (exact) mass is 740 g/mol. The topological polar surface area (TPSA) is 216 Å². The maximum atomic E-state index is 12.4. The fraction of sp³-hybridized carbons (Fsp3) is 0.923. The van der Waals surface area contributed by atoms with Crippen LogP contribution in [0.2, 0.25) is 0 Å². The van der Waals surface area contributed by atoms with Crippen LogP contribution in [0.3, 0.4) is 0 Å². The van der Waals surface area contributed by atoms with E-state index < -0.39 is 86.8 Å². The first-order valence-electron chi connectivity index (χ1n) is 19.7. The predicted molar refractivity (Wildman–Crippen MR) is 186 cm³/mol. The van der Waals surface area contributed by atoms with E-state index >= 15 is 0 Å². The standard InChI is InChI=1S/C39H64O13/c1-18(2)6-9-25(43)19(3)29-26(15-24-22-8-7-20-14-21(42)10-12-38(20,4)23(22)11-13-39(24,29)5)49-37-34(48)35(31(45)28(17-41)51-37)52-36-33(47)32(46)30(44)27(16-40)50-36/h14,18-19,22-37,40-41,43-48H,6-13,15-17H2,1-5H3/t19-,22-,23-,24-,25+,26+,27+,28+,29+,30-,31+,32-,33+,34-,35-,36+,37-,38+,39+/m1/s1. The normalized spacial score (nSPS) is 49.2. The molecule has 6 aliphatic rings. The van der Waals surface area contributed by atoms with Gasteiger partial charge in [0.1, 0.15) is 48.8 Å². The number of ether oxygens (including phenoxy) is 4. The predicted octanol–water partition coefficient (Wildman–Crippen LogP) is 1.19. The average Bonchev–Trinajstić information content (AvgIpc) is 3.41. The molecule has 52 heavy (non-hydrogen) atoms. The van der Waals surface area contributed by atoms with Gasteiger partial charge in [0.05, 0.1) is 25.4 Å². The molecule has 0 spiro atoms. The van der Waals surface area contributed by atoms with Crippen LogP contribution in [0, 0.1) is 46.3 Å². The summed E-state index contributed by atoms with van der Waals surface area (Å²) in [4.78, 5) is 12.4. The van der Waals surface area contributed by atoms with Gasteiger partial charge in [-0.3, -0.25) is 4.79 Å². The van der Waals surface area contributed by atoms with E-state index in [0.717, 1.165) is 38.5 Å². The van der Waals surface area contributed by atoms with Crippen LogP contribution in [-0.2, 0) is 23.7 Å². The summed E-state index contributed by atoms with van der Waals surface area (Å²) in [5.41, 5.74) is 1.05. The molecule has 0 unspecified atom stereocenters. The van der Waals surface area contributed by atoms with Crippen molar-refractivity contribution in [2.75, 3.05) is 13.2 Å². The summed E-state index contributed by atoms with van der Waals surface area (Å²) in [6.07, 6.45) is -7.11. The first kappa shape index (κ1) is 40.6. The molecular formula is C39H64O13. The highest BCUT2D eigenvalue weighted by molar-refractivity contribution is 5.91. The van der Waals surface area contributed by atoms with Gasteiger partial charge in [-0.1, -0.05) is 40.2 Å². The maximum absolute atomic E-state index is 12.4. The Morgan fingerprint density at radius 3 is 2.12 bits per heavy atom. The Morgan fingerprint density at radius 2 is 1.46 bits per heavy atom. The van der Waals surface area contributed by atoms with Gasteiger partial charge in [-0.15, -0.1) is 0 Å². The molecule has 0 aromatic rings. The Balaban J connectivity index is 1.28. The molecule has 3 saturated carbocycles. The van der Waals surface area contributed by atoms with Crippen molar-refractivity contribution in [3.8, 4) is 0 Å². The zero-order valence-corrected chi connectivity index (χ0v) is 31.4. The number of hydrogen-bond donors (Lipinski definition) is 8. The minimum absolute atomic E-state index is 0.0306. The molecule has 6 rings (SSSR count). The maximum Gasteiger partial charge on any atom is 0.187 e. The van der Waals surface area contributed by atoms with E-state index in [1.807, 2.05) is 6.08 Å². The molecular weight excluding hydrogens is 676 g/mol. The Labute approximate surface area is 307 Å². The lowest BCUT2D eigenvalue weighted by atomic mass is 9.46. The molecule has 0 radical (unpaired) electrons. The van der Waals surface area contributed by atoms with Crippen molar-refractivity contribution in [2.45, 2.75) is 166 Å². The summed E-state index contributed by atoms with van der Waals surface area (Å²) < 4.78 is 24.2. The number of rotatable bonds is 11. The quantitative estimate of drug-likeness (QED) is 0.150. The highest BCUT2D eigenvalue weighted by atomic mass is 16.7. The third-order valence-electron chi connectivity index (χ3n) is 14.5. The molecule has 19 atom stereocenters. The zero-order chi connectivity index (χ0) is 37.9. The van der Waals surface area contributed by atoms with Crippen molar-refractivity contribution < 1.29 is 64.6 Å². The highest BCUT2D eigenvalue weighted by Gasteiger charge is 2.64. The lowest BCUT2D eigenvalue weighted by Gasteiger charge is -2.58. The molecule has 13 nitrogen and oxygen atoms in total. The van der Waals surface area contributed by atoms with Crippen molar-refractivity contribution in [3.05, 3.63) is 11.6 Å². The summed E-state index contributed by atoms with van der Waals surface area (Å²) in [5.74, 6) is 1.43. The Bertz CT molecular complexity index is 1280. The van der Waals surface area contributed by atoms with Gasteiger partial charge in [0.25, 0.3) is 0 Å². The largest absolute Gasteiger partial charge is 0.394 e. The molecule has 2 saturated heterocycles. The average molecular weight is 741 g/mol.